The number of carboxylic acids is 1. The largest absolute Gasteiger partial charge is 0.480 e. The maximum absolute atomic E-state index is 11.9. The molecule has 0 aliphatic carbocycles. The number of hydrogen-bond acceptors (Lipinski definition) is 3. The summed E-state index contributed by atoms with van der Waals surface area (Å²) in [4.78, 5) is 25.6. The second-order valence-electron chi connectivity index (χ2n) is 4.42. The van der Waals surface area contributed by atoms with Gasteiger partial charge in [0.15, 0.2) is 0 Å². The summed E-state index contributed by atoms with van der Waals surface area (Å²) in [5, 5.41) is 13.3. The number of pyridine rings is 1. The number of aromatic amines is 1. The summed E-state index contributed by atoms with van der Waals surface area (Å²) in [6.07, 6.45) is 1.26. The van der Waals surface area contributed by atoms with Crippen LogP contribution < -0.4 is 10.9 Å². The molecule has 1 atom stereocenters. The first-order valence-electron chi connectivity index (χ1n) is 6.23. The predicted molar refractivity (Wildman–Crippen MR) is 74.5 cm³/mol. The fraction of sp³-hybridized carbons (Fsp3) is 0.286. The summed E-state index contributed by atoms with van der Waals surface area (Å²) < 4.78 is 0. The van der Waals surface area contributed by atoms with Crippen molar-refractivity contribution in [3.63, 3.8) is 0 Å². The minimum atomic E-state index is -0.921. The molecule has 1 aromatic heterocycles. The van der Waals surface area contributed by atoms with E-state index in [4.69, 9.17) is 5.11 Å². The van der Waals surface area contributed by atoms with Crippen molar-refractivity contribution >= 4 is 22.6 Å². The van der Waals surface area contributed by atoms with Gasteiger partial charge in [0.2, 0.25) is 0 Å². The molecule has 2 rings (SSSR count). The summed E-state index contributed by atoms with van der Waals surface area (Å²) in [5.41, 5.74) is -0.221. The van der Waals surface area contributed by atoms with Crippen LogP contribution in [0.5, 0.6) is 0 Å². The lowest BCUT2D eigenvalue weighted by Gasteiger charge is -2.14. The van der Waals surface area contributed by atoms with Crippen molar-refractivity contribution in [2.45, 2.75) is 25.8 Å². The minimum Gasteiger partial charge on any atom is -0.480 e. The van der Waals surface area contributed by atoms with E-state index in [9.17, 15) is 9.59 Å². The summed E-state index contributed by atoms with van der Waals surface area (Å²) in [6.45, 7) is 1.92. The Kier molecular flexibility index (Phi) is 3.85. The van der Waals surface area contributed by atoms with E-state index in [1.807, 2.05) is 19.1 Å². The second-order valence-corrected chi connectivity index (χ2v) is 4.42. The average Bonchev–Trinajstić information content (AvgIpc) is 2.38. The van der Waals surface area contributed by atoms with Gasteiger partial charge in [-0.3, -0.25) is 4.79 Å². The van der Waals surface area contributed by atoms with Gasteiger partial charge < -0.3 is 15.4 Å². The number of aromatic nitrogens is 1. The van der Waals surface area contributed by atoms with E-state index in [0.717, 1.165) is 11.8 Å². The standard InChI is InChI=1S/C14H16N2O3/c1-2-5-11(14(18)19)15-12-8-9-6-3-4-7-10(9)13(17)16-12/h3-4,6-8,11H,2,5H2,1H3,(H,18,19)(H2,15,16,17). The van der Waals surface area contributed by atoms with Crippen molar-refractivity contribution < 1.29 is 9.90 Å². The van der Waals surface area contributed by atoms with Crippen LogP contribution in [-0.2, 0) is 4.79 Å². The third-order valence-corrected chi connectivity index (χ3v) is 2.96. The van der Waals surface area contributed by atoms with Gasteiger partial charge in [-0.25, -0.2) is 4.79 Å². The van der Waals surface area contributed by atoms with Gasteiger partial charge in [-0.1, -0.05) is 31.5 Å². The van der Waals surface area contributed by atoms with Crippen LogP contribution in [-0.4, -0.2) is 22.1 Å². The molecule has 0 saturated carbocycles. The van der Waals surface area contributed by atoms with E-state index in [1.165, 1.54) is 0 Å². The Morgan fingerprint density at radius 3 is 2.84 bits per heavy atom. The van der Waals surface area contributed by atoms with Crippen molar-refractivity contribution in [1.29, 1.82) is 0 Å². The van der Waals surface area contributed by atoms with Gasteiger partial charge in [-0.2, -0.15) is 0 Å². The zero-order valence-electron chi connectivity index (χ0n) is 10.6. The monoisotopic (exact) mass is 260 g/mol. The summed E-state index contributed by atoms with van der Waals surface area (Å²) >= 11 is 0. The smallest absolute Gasteiger partial charge is 0.326 e. The Morgan fingerprint density at radius 1 is 1.42 bits per heavy atom. The number of rotatable bonds is 5. The summed E-state index contributed by atoms with van der Waals surface area (Å²) in [6, 6.07) is 8.25. The van der Waals surface area contributed by atoms with Gasteiger partial charge in [0, 0.05) is 5.39 Å². The van der Waals surface area contributed by atoms with Crippen molar-refractivity contribution in [3.05, 3.63) is 40.7 Å². The van der Waals surface area contributed by atoms with E-state index in [2.05, 4.69) is 10.3 Å². The zero-order chi connectivity index (χ0) is 13.8. The van der Waals surface area contributed by atoms with E-state index in [1.54, 1.807) is 18.2 Å². The topological polar surface area (TPSA) is 82.2 Å². The lowest BCUT2D eigenvalue weighted by Crippen LogP contribution is -2.30. The van der Waals surface area contributed by atoms with Crippen molar-refractivity contribution in [2.75, 3.05) is 5.32 Å². The van der Waals surface area contributed by atoms with Crippen LogP contribution >= 0.6 is 0 Å². The summed E-state index contributed by atoms with van der Waals surface area (Å²) in [5.74, 6) is -0.486. The lowest BCUT2D eigenvalue weighted by molar-refractivity contribution is -0.138. The molecule has 0 aliphatic rings. The zero-order valence-corrected chi connectivity index (χ0v) is 10.6. The van der Waals surface area contributed by atoms with Crippen LogP contribution in [0.4, 0.5) is 5.82 Å². The first-order valence-corrected chi connectivity index (χ1v) is 6.23. The average molecular weight is 260 g/mol. The highest BCUT2D eigenvalue weighted by Gasteiger charge is 2.16. The third-order valence-electron chi connectivity index (χ3n) is 2.96. The molecule has 100 valence electrons. The summed E-state index contributed by atoms with van der Waals surface area (Å²) in [7, 11) is 0. The molecule has 0 aliphatic heterocycles. The van der Waals surface area contributed by atoms with Gasteiger partial charge in [-0.05, 0) is 23.9 Å². The Bertz CT molecular complexity index is 648. The number of hydrogen-bond donors (Lipinski definition) is 3. The van der Waals surface area contributed by atoms with Crippen molar-refractivity contribution in [1.82, 2.24) is 4.98 Å². The van der Waals surface area contributed by atoms with Gasteiger partial charge >= 0.3 is 5.97 Å². The molecule has 19 heavy (non-hydrogen) atoms. The number of carboxylic acid groups (broad SMARTS) is 1. The molecule has 0 radical (unpaired) electrons. The molecule has 2 aromatic rings. The Labute approximate surface area is 110 Å². The first kappa shape index (κ1) is 13.1. The van der Waals surface area contributed by atoms with Crippen LogP contribution in [0.25, 0.3) is 10.8 Å². The highest BCUT2D eigenvalue weighted by molar-refractivity contribution is 5.84. The quantitative estimate of drug-likeness (QED) is 0.769. The molecule has 3 N–H and O–H groups in total. The number of nitrogens with one attached hydrogen (secondary N) is 2. The van der Waals surface area contributed by atoms with Gasteiger partial charge in [0.05, 0.1) is 0 Å². The van der Waals surface area contributed by atoms with Gasteiger partial charge in [0.25, 0.3) is 5.56 Å². The van der Waals surface area contributed by atoms with E-state index in [0.29, 0.717) is 17.6 Å². The Morgan fingerprint density at radius 2 is 2.16 bits per heavy atom. The molecular weight excluding hydrogens is 244 g/mol. The van der Waals surface area contributed by atoms with Crippen LogP contribution in [0.3, 0.4) is 0 Å². The number of aliphatic carboxylic acids is 1. The van der Waals surface area contributed by atoms with Gasteiger partial charge in [-0.15, -0.1) is 0 Å². The van der Waals surface area contributed by atoms with Crippen molar-refractivity contribution in [3.8, 4) is 0 Å². The maximum atomic E-state index is 11.9. The fourth-order valence-corrected chi connectivity index (χ4v) is 2.02. The number of carbonyl (C=O) groups is 1. The molecule has 0 bridgehead atoms. The predicted octanol–water partition coefficient (Wildman–Crippen LogP) is 2.19. The molecule has 0 spiro atoms. The van der Waals surface area contributed by atoms with E-state index < -0.39 is 12.0 Å². The normalized spacial score (nSPS) is 12.3. The van der Waals surface area contributed by atoms with Crippen LogP contribution in [0, 0.1) is 0 Å². The molecule has 5 heteroatoms. The Balaban J connectivity index is 2.35. The molecule has 1 aromatic carbocycles. The highest BCUT2D eigenvalue weighted by atomic mass is 16.4. The van der Waals surface area contributed by atoms with Gasteiger partial charge in [0.1, 0.15) is 11.9 Å². The Hall–Kier alpha value is -2.30. The van der Waals surface area contributed by atoms with E-state index >= 15 is 0 Å². The fourth-order valence-electron chi connectivity index (χ4n) is 2.02. The SMILES string of the molecule is CCCC(Nc1cc2ccccc2c(=O)[nH]1)C(=O)O. The second kappa shape index (κ2) is 5.56. The van der Waals surface area contributed by atoms with Crippen molar-refractivity contribution in [2.24, 2.45) is 0 Å². The number of anilines is 1. The lowest BCUT2D eigenvalue weighted by atomic mass is 10.1. The molecule has 5 nitrogen and oxygen atoms in total. The molecular formula is C14H16N2O3. The van der Waals surface area contributed by atoms with Crippen LogP contribution in [0.2, 0.25) is 0 Å². The van der Waals surface area contributed by atoms with Crippen LogP contribution in [0.15, 0.2) is 35.1 Å². The molecule has 0 amide bonds. The number of H-pyrrole nitrogens is 1. The minimum absolute atomic E-state index is 0.221. The molecule has 0 fully saturated rings. The first-order chi connectivity index (χ1) is 9.11. The highest BCUT2D eigenvalue weighted by Crippen LogP contribution is 2.14. The van der Waals surface area contributed by atoms with E-state index in [-0.39, 0.29) is 5.56 Å². The molecule has 0 saturated heterocycles. The molecule has 1 heterocycles. The number of benzene rings is 1. The number of fused-ring (bicyclic) bond motifs is 1. The van der Waals surface area contributed by atoms with Crippen LogP contribution in [0.1, 0.15) is 19.8 Å². The molecule has 1 unspecified atom stereocenters. The maximum Gasteiger partial charge on any atom is 0.326 e. The third kappa shape index (κ3) is 2.93.